The van der Waals surface area contributed by atoms with Crippen molar-refractivity contribution >= 4 is 45.3 Å². The van der Waals surface area contributed by atoms with Crippen LogP contribution in [-0.4, -0.2) is 65.1 Å². The molecule has 2 aromatic carbocycles. The van der Waals surface area contributed by atoms with Gasteiger partial charge in [0.25, 0.3) is 11.8 Å². The van der Waals surface area contributed by atoms with Gasteiger partial charge in [-0.25, -0.2) is 13.8 Å². The van der Waals surface area contributed by atoms with Crippen LogP contribution in [0.15, 0.2) is 47.6 Å². The lowest BCUT2D eigenvalue weighted by molar-refractivity contribution is -0.123. The summed E-state index contributed by atoms with van der Waals surface area (Å²) in [6.07, 6.45) is 4.45. The molecule has 1 aliphatic rings. The predicted molar refractivity (Wildman–Crippen MR) is 138 cm³/mol. The zero-order valence-electron chi connectivity index (χ0n) is 20.1. The predicted octanol–water partition coefficient (Wildman–Crippen LogP) is 2.24. The van der Waals surface area contributed by atoms with Crippen LogP contribution in [0.3, 0.4) is 0 Å². The molecule has 36 heavy (non-hydrogen) atoms. The molecule has 0 bridgehead atoms. The normalized spacial score (nSPS) is 15.6. The molecule has 1 heterocycles. The lowest BCUT2D eigenvalue weighted by Crippen LogP contribution is -2.39. The van der Waals surface area contributed by atoms with Gasteiger partial charge in [-0.2, -0.15) is 5.10 Å². The molecule has 12 heteroatoms. The lowest BCUT2D eigenvalue weighted by atomic mass is 10.2. The Morgan fingerprint density at radius 2 is 1.97 bits per heavy atom. The van der Waals surface area contributed by atoms with Crippen LogP contribution in [0, 0.1) is 6.92 Å². The standard InChI is InChI=1S/C24H29ClN4O6S/c1-17-21(25)6-3-7-22(17)29(36(2,32)33)15-23(30)28-27-13-18-8-10-19(11-9-18)35-16-24(31)26-14-20-5-4-12-34-20/h3,6-11,13,20H,4-5,12,14-16H2,1-2H3,(H,26,31)(H,28,30)/b27-13-/t20-/m1/s1. The molecule has 0 unspecified atom stereocenters. The second kappa shape index (κ2) is 12.7. The van der Waals surface area contributed by atoms with Crippen LogP contribution in [0.2, 0.25) is 5.02 Å². The third-order valence-electron chi connectivity index (χ3n) is 5.40. The highest BCUT2D eigenvalue weighted by Gasteiger charge is 2.23. The van der Waals surface area contributed by atoms with Crippen molar-refractivity contribution < 1.29 is 27.5 Å². The summed E-state index contributed by atoms with van der Waals surface area (Å²) in [6, 6.07) is 11.6. The molecule has 1 fully saturated rings. The summed E-state index contributed by atoms with van der Waals surface area (Å²) in [5.41, 5.74) is 3.85. The third kappa shape index (κ3) is 8.21. The van der Waals surface area contributed by atoms with Crippen molar-refractivity contribution in [3.8, 4) is 5.75 Å². The van der Waals surface area contributed by atoms with E-state index in [0.29, 0.717) is 34.1 Å². The maximum atomic E-state index is 12.4. The van der Waals surface area contributed by atoms with Crippen LogP contribution in [0.5, 0.6) is 5.75 Å². The number of amides is 2. The van der Waals surface area contributed by atoms with Crippen molar-refractivity contribution in [2.75, 3.05) is 36.9 Å². The molecule has 2 N–H and O–H groups in total. The van der Waals surface area contributed by atoms with E-state index in [-0.39, 0.29) is 18.6 Å². The van der Waals surface area contributed by atoms with Crippen LogP contribution in [0.25, 0.3) is 0 Å². The minimum absolute atomic E-state index is 0.0726. The number of sulfonamides is 1. The Morgan fingerprint density at radius 1 is 1.22 bits per heavy atom. The van der Waals surface area contributed by atoms with Gasteiger partial charge in [0.05, 0.1) is 24.3 Å². The SMILES string of the molecule is Cc1c(Cl)cccc1N(CC(=O)N/N=C\c1ccc(OCC(=O)NC[C@H]2CCCO2)cc1)S(C)(=O)=O. The summed E-state index contributed by atoms with van der Waals surface area (Å²) in [4.78, 5) is 24.3. The van der Waals surface area contributed by atoms with Gasteiger partial charge in [0.15, 0.2) is 6.61 Å². The molecular weight excluding hydrogens is 508 g/mol. The molecule has 2 aromatic rings. The molecule has 3 rings (SSSR count). The van der Waals surface area contributed by atoms with E-state index < -0.39 is 22.5 Å². The molecule has 10 nitrogen and oxygen atoms in total. The number of rotatable bonds is 11. The maximum absolute atomic E-state index is 12.4. The van der Waals surface area contributed by atoms with Gasteiger partial charge in [0.1, 0.15) is 12.3 Å². The molecule has 1 saturated heterocycles. The largest absolute Gasteiger partial charge is 0.484 e. The first-order valence-corrected chi connectivity index (χ1v) is 13.5. The van der Waals surface area contributed by atoms with Crippen molar-refractivity contribution in [3.05, 3.63) is 58.6 Å². The second-order valence-corrected chi connectivity index (χ2v) is 10.6. The summed E-state index contributed by atoms with van der Waals surface area (Å²) in [6.45, 7) is 2.32. The highest BCUT2D eigenvalue weighted by atomic mass is 35.5. The number of halogens is 1. The number of nitrogens with one attached hydrogen (secondary N) is 2. The highest BCUT2D eigenvalue weighted by Crippen LogP contribution is 2.28. The fraction of sp³-hybridized carbons (Fsp3) is 0.375. The van der Waals surface area contributed by atoms with Crippen LogP contribution < -0.4 is 19.8 Å². The van der Waals surface area contributed by atoms with Crippen LogP contribution in [-0.2, 0) is 24.3 Å². The molecule has 0 spiro atoms. The molecule has 0 radical (unpaired) electrons. The Kier molecular flexibility index (Phi) is 9.68. The number of carbonyl (C=O) groups excluding carboxylic acids is 2. The molecule has 194 valence electrons. The summed E-state index contributed by atoms with van der Waals surface area (Å²) in [7, 11) is -3.74. The van der Waals surface area contributed by atoms with Gasteiger partial charge < -0.3 is 14.8 Å². The number of hydrogen-bond acceptors (Lipinski definition) is 7. The average molecular weight is 537 g/mol. The van der Waals surface area contributed by atoms with E-state index in [4.69, 9.17) is 21.1 Å². The molecule has 0 saturated carbocycles. The van der Waals surface area contributed by atoms with E-state index in [1.54, 1.807) is 49.4 Å². The van der Waals surface area contributed by atoms with Crippen molar-refractivity contribution in [2.45, 2.75) is 25.9 Å². The first kappa shape index (κ1) is 27.4. The minimum atomic E-state index is -3.74. The van der Waals surface area contributed by atoms with Gasteiger partial charge in [-0.1, -0.05) is 17.7 Å². The van der Waals surface area contributed by atoms with Crippen LogP contribution in [0.1, 0.15) is 24.0 Å². The highest BCUT2D eigenvalue weighted by molar-refractivity contribution is 7.92. The smallest absolute Gasteiger partial charge is 0.260 e. The molecule has 0 aliphatic carbocycles. The molecule has 2 amide bonds. The number of nitrogens with zero attached hydrogens (tertiary/aromatic N) is 2. The Hall–Kier alpha value is -3.15. The van der Waals surface area contributed by atoms with Crippen LogP contribution in [0.4, 0.5) is 5.69 Å². The van der Waals surface area contributed by atoms with Crippen molar-refractivity contribution in [1.29, 1.82) is 0 Å². The van der Waals surface area contributed by atoms with E-state index in [2.05, 4.69) is 15.8 Å². The zero-order valence-corrected chi connectivity index (χ0v) is 21.6. The molecular formula is C24H29ClN4O6S. The molecule has 1 atom stereocenters. The maximum Gasteiger partial charge on any atom is 0.260 e. The fourth-order valence-electron chi connectivity index (χ4n) is 3.47. The lowest BCUT2D eigenvalue weighted by Gasteiger charge is -2.23. The second-order valence-electron chi connectivity index (χ2n) is 8.24. The fourth-order valence-corrected chi connectivity index (χ4v) is 4.55. The minimum Gasteiger partial charge on any atom is -0.484 e. The van der Waals surface area contributed by atoms with E-state index in [9.17, 15) is 18.0 Å². The monoisotopic (exact) mass is 536 g/mol. The van der Waals surface area contributed by atoms with Gasteiger partial charge in [0.2, 0.25) is 10.0 Å². The number of ether oxygens (including phenoxy) is 2. The Balaban J connectivity index is 1.48. The van der Waals surface area contributed by atoms with Crippen molar-refractivity contribution in [3.63, 3.8) is 0 Å². The quantitative estimate of drug-likeness (QED) is 0.335. The summed E-state index contributed by atoms with van der Waals surface area (Å²) < 4.78 is 36.5. The van der Waals surface area contributed by atoms with Crippen LogP contribution >= 0.6 is 11.6 Å². The number of hydrazone groups is 1. The van der Waals surface area contributed by atoms with E-state index in [0.717, 1.165) is 30.0 Å². The van der Waals surface area contributed by atoms with E-state index in [1.807, 2.05) is 0 Å². The van der Waals surface area contributed by atoms with Crippen molar-refractivity contribution in [1.82, 2.24) is 10.7 Å². The number of carbonyl (C=O) groups is 2. The Bertz CT molecular complexity index is 1200. The summed E-state index contributed by atoms with van der Waals surface area (Å²) >= 11 is 6.10. The topological polar surface area (TPSA) is 126 Å². The summed E-state index contributed by atoms with van der Waals surface area (Å²) in [5.74, 6) is -0.343. The van der Waals surface area contributed by atoms with Crippen molar-refractivity contribution in [2.24, 2.45) is 5.10 Å². The zero-order chi connectivity index (χ0) is 26.1. The van der Waals surface area contributed by atoms with Gasteiger partial charge in [-0.15, -0.1) is 0 Å². The summed E-state index contributed by atoms with van der Waals surface area (Å²) in [5, 5.41) is 7.07. The van der Waals surface area contributed by atoms with Gasteiger partial charge in [-0.05, 0) is 67.3 Å². The molecule has 0 aromatic heterocycles. The number of benzene rings is 2. The van der Waals surface area contributed by atoms with Gasteiger partial charge in [0, 0.05) is 18.2 Å². The first-order chi connectivity index (χ1) is 17.1. The molecule has 1 aliphatic heterocycles. The average Bonchev–Trinajstić information content (AvgIpc) is 3.36. The third-order valence-corrected chi connectivity index (χ3v) is 6.94. The van der Waals surface area contributed by atoms with Gasteiger partial charge >= 0.3 is 0 Å². The number of anilines is 1. The Labute approximate surface area is 215 Å². The Morgan fingerprint density at radius 3 is 2.64 bits per heavy atom. The van der Waals surface area contributed by atoms with Gasteiger partial charge in [-0.3, -0.25) is 13.9 Å². The first-order valence-electron chi connectivity index (χ1n) is 11.3. The van der Waals surface area contributed by atoms with E-state index >= 15 is 0 Å². The number of hydrogen-bond donors (Lipinski definition) is 2. The van der Waals surface area contributed by atoms with E-state index in [1.165, 1.54) is 6.21 Å².